The highest BCUT2D eigenvalue weighted by molar-refractivity contribution is 5.86. The molecule has 1 heterocycles. The van der Waals surface area contributed by atoms with Crippen molar-refractivity contribution >= 4 is 5.91 Å². The first-order valence-electron chi connectivity index (χ1n) is 8.32. The largest absolute Gasteiger partial charge is 0.377 e. The van der Waals surface area contributed by atoms with Crippen LogP contribution >= 0.6 is 0 Å². The fraction of sp³-hybridized carbons (Fsp3) is 0.938. The van der Waals surface area contributed by atoms with Crippen molar-refractivity contribution in [2.24, 2.45) is 11.7 Å². The number of primary amides is 1. The first kappa shape index (κ1) is 15.3. The molecular weight excluding hydrogens is 266 g/mol. The molecular formula is C16H29N3O2. The van der Waals surface area contributed by atoms with Gasteiger partial charge in [0.1, 0.15) is 5.54 Å². The summed E-state index contributed by atoms with van der Waals surface area (Å²) in [5, 5.41) is 3.60. The van der Waals surface area contributed by atoms with Crippen LogP contribution in [-0.2, 0) is 9.53 Å². The van der Waals surface area contributed by atoms with E-state index in [0.29, 0.717) is 12.0 Å². The Bertz CT molecular complexity index is 408. The van der Waals surface area contributed by atoms with Gasteiger partial charge in [0.2, 0.25) is 5.91 Å². The molecule has 0 bridgehead atoms. The van der Waals surface area contributed by atoms with Crippen molar-refractivity contribution in [1.29, 1.82) is 0 Å². The van der Waals surface area contributed by atoms with Crippen molar-refractivity contribution in [2.45, 2.75) is 62.6 Å². The Balaban J connectivity index is 1.72. The van der Waals surface area contributed by atoms with Crippen molar-refractivity contribution in [2.75, 3.05) is 26.7 Å². The summed E-state index contributed by atoms with van der Waals surface area (Å²) in [5.41, 5.74) is 5.23. The van der Waals surface area contributed by atoms with E-state index in [1.165, 1.54) is 12.8 Å². The molecule has 2 saturated carbocycles. The summed E-state index contributed by atoms with van der Waals surface area (Å²) in [7, 11) is 1.79. The Kier molecular flexibility index (Phi) is 4.01. The minimum absolute atomic E-state index is 0.0925. The molecule has 2 atom stereocenters. The number of likely N-dealkylation sites (tertiary alicyclic amines) is 1. The van der Waals surface area contributed by atoms with Gasteiger partial charge < -0.3 is 10.5 Å². The first-order valence-corrected chi connectivity index (χ1v) is 8.32. The number of nitrogens with one attached hydrogen (secondary N) is 1. The molecule has 1 amide bonds. The molecule has 1 saturated heterocycles. The zero-order chi connectivity index (χ0) is 15.1. The van der Waals surface area contributed by atoms with Crippen molar-refractivity contribution < 1.29 is 9.53 Å². The van der Waals surface area contributed by atoms with Crippen molar-refractivity contribution in [3.63, 3.8) is 0 Å². The van der Waals surface area contributed by atoms with Crippen LogP contribution in [0.25, 0.3) is 0 Å². The van der Waals surface area contributed by atoms with E-state index in [0.717, 1.165) is 45.3 Å². The molecule has 0 aromatic heterocycles. The SMILES string of the molecule is COC1(C)CCCN(CC(NC2CC2)(C(N)=O)C2CC2)C1. The van der Waals surface area contributed by atoms with Gasteiger partial charge in [-0.15, -0.1) is 0 Å². The summed E-state index contributed by atoms with van der Waals surface area (Å²) >= 11 is 0. The van der Waals surface area contributed by atoms with E-state index in [4.69, 9.17) is 10.5 Å². The summed E-state index contributed by atoms with van der Waals surface area (Å²) in [4.78, 5) is 14.7. The highest BCUT2D eigenvalue weighted by atomic mass is 16.5. The molecule has 2 unspecified atom stereocenters. The molecule has 3 N–H and O–H groups in total. The van der Waals surface area contributed by atoms with Gasteiger partial charge in [-0.2, -0.15) is 0 Å². The second-order valence-electron chi connectivity index (χ2n) is 7.50. The van der Waals surface area contributed by atoms with Gasteiger partial charge in [0.05, 0.1) is 5.60 Å². The number of ether oxygens (including phenoxy) is 1. The second kappa shape index (κ2) is 5.52. The predicted octanol–water partition coefficient (Wildman–Crippen LogP) is 0.873. The Labute approximate surface area is 127 Å². The Morgan fingerprint density at radius 2 is 2.14 bits per heavy atom. The van der Waals surface area contributed by atoms with E-state index in [9.17, 15) is 4.79 Å². The van der Waals surface area contributed by atoms with Crippen LogP contribution in [0, 0.1) is 5.92 Å². The monoisotopic (exact) mass is 295 g/mol. The molecule has 0 aromatic carbocycles. The first-order chi connectivity index (χ1) is 9.97. The van der Waals surface area contributed by atoms with Crippen LogP contribution < -0.4 is 11.1 Å². The van der Waals surface area contributed by atoms with Gasteiger partial charge in [0.25, 0.3) is 0 Å². The number of rotatable bonds is 7. The topological polar surface area (TPSA) is 67.6 Å². The summed E-state index contributed by atoms with van der Waals surface area (Å²) in [6.07, 6.45) is 6.81. The molecule has 3 rings (SSSR count). The van der Waals surface area contributed by atoms with Gasteiger partial charge in [-0.3, -0.25) is 15.0 Å². The lowest BCUT2D eigenvalue weighted by Crippen LogP contribution is -2.65. The molecule has 0 spiro atoms. The van der Waals surface area contributed by atoms with Gasteiger partial charge in [-0.1, -0.05) is 0 Å². The second-order valence-corrected chi connectivity index (χ2v) is 7.50. The highest BCUT2D eigenvalue weighted by Crippen LogP contribution is 2.42. The van der Waals surface area contributed by atoms with Crippen LogP contribution in [0.15, 0.2) is 0 Å². The van der Waals surface area contributed by atoms with Gasteiger partial charge in [0, 0.05) is 26.2 Å². The number of methoxy groups -OCH3 is 1. The van der Waals surface area contributed by atoms with Gasteiger partial charge in [-0.05, 0) is 57.9 Å². The number of hydrogen-bond donors (Lipinski definition) is 2. The Morgan fingerprint density at radius 1 is 1.43 bits per heavy atom. The Hall–Kier alpha value is -0.650. The van der Waals surface area contributed by atoms with E-state index in [1.807, 2.05) is 0 Å². The molecule has 2 aliphatic carbocycles. The van der Waals surface area contributed by atoms with Crippen LogP contribution in [0.1, 0.15) is 45.4 Å². The quantitative estimate of drug-likeness (QED) is 0.731. The van der Waals surface area contributed by atoms with E-state index >= 15 is 0 Å². The van der Waals surface area contributed by atoms with Crippen LogP contribution in [0.3, 0.4) is 0 Å². The van der Waals surface area contributed by atoms with Crippen molar-refractivity contribution in [1.82, 2.24) is 10.2 Å². The number of piperidine rings is 1. The third-order valence-corrected chi connectivity index (χ3v) is 5.46. The zero-order valence-corrected chi connectivity index (χ0v) is 13.4. The summed E-state index contributed by atoms with van der Waals surface area (Å²) < 4.78 is 5.68. The Morgan fingerprint density at radius 3 is 2.67 bits per heavy atom. The van der Waals surface area contributed by atoms with Gasteiger partial charge >= 0.3 is 0 Å². The van der Waals surface area contributed by atoms with Gasteiger partial charge in [-0.25, -0.2) is 0 Å². The zero-order valence-electron chi connectivity index (χ0n) is 13.4. The number of carbonyl (C=O) groups is 1. The summed E-state index contributed by atoms with van der Waals surface area (Å²) in [6, 6.07) is 0.497. The third-order valence-electron chi connectivity index (χ3n) is 5.46. The maximum absolute atomic E-state index is 12.3. The normalized spacial score (nSPS) is 33.6. The van der Waals surface area contributed by atoms with E-state index < -0.39 is 5.54 Å². The third kappa shape index (κ3) is 3.25. The number of nitrogens with zero attached hydrogens (tertiary/aromatic N) is 1. The molecule has 3 fully saturated rings. The number of hydrogen-bond acceptors (Lipinski definition) is 4. The molecule has 120 valence electrons. The molecule has 5 nitrogen and oxygen atoms in total. The average Bonchev–Trinajstić information content (AvgIpc) is 3.31. The molecule has 1 aliphatic heterocycles. The van der Waals surface area contributed by atoms with Crippen LogP contribution in [0.2, 0.25) is 0 Å². The summed E-state index contributed by atoms with van der Waals surface area (Å²) in [5.74, 6) is 0.257. The molecule has 21 heavy (non-hydrogen) atoms. The lowest BCUT2D eigenvalue weighted by atomic mass is 9.88. The van der Waals surface area contributed by atoms with E-state index in [1.54, 1.807) is 7.11 Å². The number of carbonyl (C=O) groups excluding carboxylic acids is 1. The lowest BCUT2D eigenvalue weighted by molar-refractivity contribution is -0.128. The van der Waals surface area contributed by atoms with Crippen LogP contribution in [0.5, 0.6) is 0 Å². The minimum Gasteiger partial charge on any atom is -0.377 e. The fourth-order valence-corrected chi connectivity index (χ4v) is 3.77. The smallest absolute Gasteiger partial charge is 0.239 e. The maximum Gasteiger partial charge on any atom is 0.239 e. The maximum atomic E-state index is 12.3. The number of nitrogens with two attached hydrogens (primary N) is 1. The molecule has 3 aliphatic rings. The van der Waals surface area contributed by atoms with Crippen molar-refractivity contribution in [3.05, 3.63) is 0 Å². The highest BCUT2D eigenvalue weighted by Gasteiger charge is 2.53. The predicted molar refractivity (Wildman–Crippen MR) is 81.9 cm³/mol. The number of amides is 1. The van der Waals surface area contributed by atoms with Crippen LogP contribution in [-0.4, -0.2) is 54.7 Å². The average molecular weight is 295 g/mol. The lowest BCUT2D eigenvalue weighted by Gasteiger charge is -2.44. The summed E-state index contributed by atoms with van der Waals surface area (Å²) in [6.45, 7) is 4.82. The van der Waals surface area contributed by atoms with Crippen LogP contribution in [0.4, 0.5) is 0 Å². The molecule has 0 radical (unpaired) electrons. The van der Waals surface area contributed by atoms with Crippen molar-refractivity contribution in [3.8, 4) is 0 Å². The fourth-order valence-electron chi connectivity index (χ4n) is 3.77. The minimum atomic E-state index is -0.521. The standard InChI is InChI=1S/C16H29N3O2/c1-15(21-2)8-3-9-19(10-15)11-16(14(17)20,12-4-5-12)18-13-6-7-13/h12-13,18H,3-11H2,1-2H3,(H2,17,20). The van der Waals surface area contributed by atoms with E-state index in [-0.39, 0.29) is 11.5 Å². The molecule has 0 aromatic rings. The molecule has 5 heteroatoms. The van der Waals surface area contributed by atoms with E-state index in [2.05, 4.69) is 17.1 Å². The van der Waals surface area contributed by atoms with Gasteiger partial charge in [0.15, 0.2) is 0 Å².